The Labute approximate surface area is 232 Å². The highest BCUT2D eigenvalue weighted by atomic mass is 19.1. The Bertz CT molecular complexity index is 1410. The van der Waals surface area contributed by atoms with Gasteiger partial charge in [-0.15, -0.1) is 0 Å². The lowest BCUT2D eigenvalue weighted by atomic mass is 10.0. The summed E-state index contributed by atoms with van der Waals surface area (Å²) in [5.41, 5.74) is 2.03. The lowest BCUT2D eigenvalue weighted by Gasteiger charge is -2.23. The largest absolute Gasteiger partial charge is 0.381 e. The number of allylic oxidation sites excluding steroid dienone is 1. The first kappa shape index (κ1) is 27.7. The number of hydrogen-bond donors (Lipinski definition) is 4. The number of carbonyl (C=O) groups excluding carboxylic acids is 2. The molecule has 0 aliphatic carbocycles. The molecule has 2 aliphatic heterocycles. The van der Waals surface area contributed by atoms with E-state index in [2.05, 4.69) is 51.8 Å². The quantitative estimate of drug-likeness (QED) is 0.221. The minimum absolute atomic E-state index is 0.0442. The van der Waals surface area contributed by atoms with Gasteiger partial charge < -0.3 is 26.0 Å². The Morgan fingerprint density at radius 2 is 2.05 bits per heavy atom. The normalized spacial score (nSPS) is 17.8. The molecule has 5 rings (SSSR count). The molecule has 1 atom stereocenters. The van der Waals surface area contributed by atoms with Crippen molar-refractivity contribution in [2.45, 2.75) is 51.6 Å². The number of fused-ring (bicyclic) bond motifs is 1. The van der Waals surface area contributed by atoms with Gasteiger partial charge in [-0.25, -0.2) is 4.39 Å². The zero-order valence-electron chi connectivity index (χ0n) is 22.8. The molecule has 1 aromatic carbocycles. The Morgan fingerprint density at radius 1 is 1.25 bits per heavy atom. The fourth-order valence-electron chi connectivity index (χ4n) is 4.97. The van der Waals surface area contributed by atoms with Crippen molar-refractivity contribution in [3.05, 3.63) is 53.5 Å². The summed E-state index contributed by atoms with van der Waals surface area (Å²) in [6, 6.07) is 3.19. The second-order valence-corrected chi connectivity index (χ2v) is 10.5. The van der Waals surface area contributed by atoms with Crippen LogP contribution >= 0.6 is 0 Å². The predicted molar refractivity (Wildman–Crippen MR) is 150 cm³/mol. The third-order valence-electron chi connectivity index (χ3n) is 7.29. The molecule has 0 saturated carbocycles. The van der Waals surface area contributed by atoms with Crippen LogP contribution in [0.5, 0.6) is 0 Å². The summed E-state index contributed by atoms with van der Waals surface area (Å²) in [7, 11) is 0. The van der Waals surface area contributed by atoms with Gasteiger partial charge in [-0.2, -0.15) is 19.6 Å². The number of ketones is 1. The van der Waals surface area contributed by atoms with E-state index >= 15 is 4.39 Å². The van der Waals surface area contributed by atoms with Gasteiger partial charge in [0.05, 0.1) is 23.4 Å². The van der Waals surface area contributed by atoms with E-state index < -0.39 is 11.6 Å². The molecule has 1 amide bonds. The highest BCUT2D eigenvalue weighted by Crippen LogP contribution is 2.26. The van der Waals surface area contributed by atoms with Crippen LogP contribution in [-0.4, -0.2) is 63.6 Å². The minimum Gasteiger partial charge on any atom is -0.381 e. The molecule has 2 saturated heterocycles. The van der Waals surface area contributed by atoms with Crippen molar-refractivity contribution in [3.8, 4) is 0 Å². The van der Waals surface area contributed by atoms with E-state index in [-0.39, 0.29) is 41.6 Å². The van der Waals surface area contributed by atoms with Crippen molar-refractivity contribution in [2.75, 3.05) is 42.3 Å². The van der Waals surface area contributed by atoms with Crippen molar-refractivity contribution in [2.24, 2.45) is 5.92 Å². The molecule has 2 aromatic heterocycles. The summed E-state index contributed by atoms with van der Waals surface area (Å²) in [5, 5.41) is 17.0. The number of halogens is 1. The van der Waals surface area contributed by atoms with E-state index in [0.717, 1.165) is 31.0 Å². The Kier molecular flexibility index (Phi) is 8.36. The molecule has 4 N–H and O–H groups in total. The van der Waals surface area contributed by atoms with Crippen molar-refractivity contribution in [1.82, 2.24) is 24.9 Å². The SMILES string of the molecule is C=CC(=O)c1cc(CNc2nc(NC3CCOCC3)nc3c(C(C)C)cnn23)cc(NC(=O)C2CCNC2)c1F. The second kappa shape index (κ2) is 12.1. The van der Waals surface area contributed by atoms with Gasteiger partial charge in [-0.3, -0.25) is 9.59 Å². The molecule has 0 spiro atoms. The van der Waals surface area contributed by atoms with Crippen LogP contribution in [0.2, 0.25) is 0 Å². The summed E-state index contributed by atoms with van der Waals surface area (Å²) in [5.74, 6) is -0.788. The number of rotatable bonds is 10. The highest BCUT2D eigenvalue weighted by Gasteiger charge is 2.25. The van der Waals surface area contributed by atoms with E-state index in [1.807, 2.05) is 0 Å². The van der Waals surface area contributed by atoms with E-state index in [9.17, 15) is 9.59 Å². The molecule has 1 unspecified atom stereocenters. The molecule has 0 radical (unpaired) electrons. The van der Waals surface area contributed by atoms with Crippen molar-refractivity contribution in [3.63, 3.8) is 0 Å². The number of hydrogen-bond acceptors (Lipinski definition) is 9. The number of nitrogens with one attached hydrogen (secondary N) is 4. The summed E-state index contributed by atoms with van der Waals surface area (Å²) in [4.78, 5) is 34.6. The monoisotopic (exact) mass is 550 g/mol. The van der Waals surface area contributed by atoms with Crippen molar-refractivity contribution < 1.29 is 18.7 Å². The Balaban J connectivity index is 1.44. The minimum atomic E-state index is -0.783. The zero-order chi connectivity index (χ0) is 28.2. The van der Waals surface area contributed by atoms with Crippen molar-refractivity contribution >= 4 is 34.9 Å². The molecule has 4 heterocycles. The van der Waals surface area contributed by atoms with E-state index in [1.165, 1.54) is 12.1 Å². The van der Waals surface area contributed by atoms with E-state index in [0.29, 0.717) is 49.3 Å². The van der Waals surface area contributed by atoms with E-state index in [4.69, 9.17) is 9.72 Å². The number of carbonyl (C=O) groups is 2. The van der Waals surface area contributed by atoms with Crippen LogP contribution in [0.15, 0.2) is 31.0 Å². The Hall–Kier alpha value is -3.90. The molecule has 2 aliphatic rings. The average Bonchev–Trinajstić information content (AvgIpc) is 3.64. The fourth-order valence-corrected chi connectivity index (χ4v) is 4.97. The maximum atomic E-state index is 15.3. The van der Waals surface area contributed by atoms with Crippen LogP contribution in [0.4, 0.5) is 22.0 Å². The second-order valence-electron chi connectivity index (χ2n) is 10.5. The van der Waals surface area contributed by atoms with Gasteiger partial charge in [0, 0.05) is 37.9 Å². The molecule has 3 aromatic rings. The Morgan fingerprint density at radius 3 is 2.75 bits per heavy atom. The maximum absolute atomic E-state index is 15.3. The van der Waals surface area contributed by atoms with Crippen molar-refractivity contribution in [1.29, 1.82) is 0 Å². The predicted octanol–water partition coefficient (Wildman–Crippen LogP) is 3.51. The van der Waals surface area contributed by atoms with Gasteiger partial charge in [0.2, 0.25) is 17.8 Å². The molecule has 212 valence electrons. The summed E-state index contributed by atoms with van der Waals surface area (Å²) in [6.45, 7) is 10.5. The van der Waals surface area contributed by atoms with Crippen LogP contribution < -0.4 is 21.3 Å². The molecule has 40 heavy (non-hydrogen) atoms. The molecule has 0 bridgehead atoms. The number of benzene rings is 1. The smallest absolute Gasteiger partial charge is 0.229 e. The average molecular weight is 551 g/mol. The molecule has 2 fully saturated rings. The van der Waals surface area contributed by atoms with Gasteiger partial charge in [0.25, 0.3) is 0 Å². The number of aromatic nitrogens is 4. The van der Waals surface area contributed by atoms with Crippen LogP contribution in [0.3, 0.4) is 0 Å². The molecular weight excluding hydrogens is 515 g/mol. The summed E-state index contributed by atoms with van der Waals surface area (Å²) < 4.78 is 22.4. The van der Waals surface area contributed by atoms with Crippen LogP contribution in [-0.2, 0) is 16.1 Å². The first-order valence-electron chi connectivity index (χ1n) is 13.7. The molecule has 12 heteroatoms. The molecular formula is C28H35FN8O3. The van der Waals surface area contributed by atoms with Gasteiger partial charge in [0.1, 0.15) is 0 Å². The first-order valence-corrected chi connectivity index (χ1v) is 13.7. The lowest BCUT2D eigenvalue weighted by Crippen LogP contribution is -2.29. The lowest BCUT2D eigenvalue weighted by molar-refractivity contribution is -0.119. The standard InChI is InChI=1S/C28H35FN8O3/c1-4-23(38)20-11-17(12-22(24(20)29)34-26(39)18-5-8-30-14-18)13-31-28-36-27(33-19-6-9-40-10-7-19)35-25-21(16(2)3)15-32-37(25)28/h4,11-12,15-16,18-19,30H,1,5-10,13-14H2,2-3H3,(H,34,39)(H2,31,33,35,36). The first-order chi connectivity index (χ1) is 19.3. The molecule has 11 nitrogen and oxygen atoms in total. The summed E-state index contributed by atoms with van der Waals surface area (Å²) >= 11 is 0. The third-order valence-corrected chi connectivity index (χ3v) is 7.29. The third kappa shape index (κ3) is 5.97. The van der Waals surface area contributed by atoms with Gasteiger partial charge in [-0.05, 0) is 55.5 Å². The topological polar surface area (TPSA) is 135 Å². The zero-order valence-corrected chi connectivity index (χ0v) is 22.8. The van der Waals surface area contributed by atoms with Gasteiger partial charge in [-0.1, -0.05) is 20.4 Å². The van der Waals surface area contributed by atoms with Crippen LogP contribution in [0.1, 0.15) is 60.5 Å². The fraction of sp³-hybridized carbons (Fsp3) is 0.464. The van der Waals surface area contributed by atoms with Gasteiger partial charge >= 0.3 is 0 Å². The van der Waals surface area contributed by atoms with Gasteiger partial charge in [0.15, 0.2) is 17.2 Å². The number of amides is 1. The van der Waals surface area contributed by atoms with E-state index in [1.54, 1.807) is 10.7 Å². The number of nitrogens with zero attached hydrogens (tertiary/aromatic N) is 4. The maximum Gasteiger partial charge on any atom is 0.229 e. The highest BCUT2D eigenvalue weighted by molar-refractivity contribution is 6.06. The number of anilines is 3. The summed E-state index contributed by atoms with van der Waals surface area (Å²) in [6.07, 6.45) is 5.22. The number of ether oxygens (including phenoxy) is 1. The van der Waals surface area contributed by atoms with Crippen LogP contribution in [0.25, 0.3) is 5.65 Å². The van der Waals surface area contributed by atoms with Crippen LogP contribution in [0, 0.1) is 11.7 Å².